The summed E-state index contributed by atoms with van der Waals surface area (Å²) in [5, 5.41) is 5.64. The summed E-state index contributed by atoms with van der Waals surface area (Å²) in [6.45, 7) is 0. The Morgan fingerprint density at radius 1 is 0.373 bits per heavy atom. The van der Waals surface area contributed by atoms with Gasteiger partial charge in [0, 0.05) is 38.4 Å². The second-order valence-corrected chi connectivity index (χ2v) is 12.6. The van der Waals surface area contributed by atoms with Gasteiger partial charge in [0.2, 0.25) is 0 Å². The highest BCUT2D eigenvalue weighted by Gasteiger charge is 2.21. The molecule has 0 amide bonds. The van der Waals surface area contributed by atoms with Crippen LogP contribution in [0.15, 0.2) is 174 Å². The molecule has 0 saturated heterocycles. The molecule has 0 aliphatic rings. The fourth-order valence-corrected chi connectivity index (χ4v) is 7.04. The largest absolute Gasteiger partial charge is 0.454 e. The van der Waals surface area contributed by atoms with Crippen LogP contribution in [0.3, 0.4) is 0 Å². The first-order chi connectivity index (χ1) is 25.3. The van der Waals surface area contributed by atoms with Crippen LogP contribution < -0.4 is 0 Å². The molecule has 10 aromatic rings. The van der Waals surface area contributed by atoms with Gasteiger partial charge in [-0.3, -0.25) is 0 Å². The van der Waals surface area contributed by atoms with Crippen molar-refractivity contribution < 1.29 is 4.42 Å². The molecule has 238 valence electrons. The highest BCUT2D eigenvalue weighted by Crippen LogP contribution is 2.43. The number of nitrogens with zero attached hydrogens (tertiary/aromatic N) is 4. The Balaban J connectivity index is 1.14. The Kier molecular flexibility index (Phi) is 6.74. The zero-order valence-electron chi connectivity index (χ0n) is 27.4. The molecule has 0 fully saturated rings. The first-order valence-corrected chi connectivity index (χ1v) is 17.0. The monoisotopic (exact) mass is 652 g/mol. The van der Waals surface area contributed by atoms with Gasteiger partial charge in [0.05, 0.1) is 5.52 Å². The molecule has 5 nitrogen and oxygen atoms in total. The van der Waals surface area contributed by atoms with Crippen LogP contribution in [-0.4, -0.2) is 19.9 Å². The summed E-state index contributed by atoms with van der Waals surface area (Å²) in [4.78, 5) is 20.0. The van der Waals surface area contributed by atoms with Gasteiger partial charge in [-0.15, -0.1) is 0 Å². The van der Waals surface area contributed by atoms with Gasteiger partial charge in [-0.1, -0.05) is 152 Å². The van der Waals surface area contributed by atoms with E-state index in [-0.39, 0.29) is 0 Å². The van der Waals surface area contributed by atoms with E-state index in [9.17, 15) is 0 Å². The van der Waals surface area contributed by atoms with Crippen LogP contribution in [0.2, 0.25) is 0 Å². The molecule has 3 heterocycles. The number of pyridine rings is 1. The lowest BCUT2D eigenvalue weighted by atomic mass is 9.94. The third kappa shape index (κ3) is 5.03. The van der Waals surface area contributed by atoms with E-state index in [1.165, 1.54) is 10.8 Å². The van der Waals surface area contributed by atoms with Crippen LogP contribution in [-0.2, 0) is 0 Å². The number of hydrogen-bond donors (Lipinski definition) is 0. The molecule has 0 unspecified atom stereocenters. The highest BCUT2D eigenvalue weighted by atomic mass is 16.3. The summed E-state index contributed by atoms with van der Waals surface area (Å²) in [6, 6.07) is 58.1. The molecule has 7 aromatic carbocycles. The Morgan fingerprint density at radius 3 is 1.65 bits per heavy atom. The van der Waals surface area contributed by atoms with Gasteiger partial charge in [0.25, 0.3) is 0 Å². The third-order valence-corrected chi connectivity index (χ3v) is 9.51. The van der Waals surface area contributed by atoms with E-state index in [1.54, 1.807) is 0 Å². The fourth-order valence-electron chi connectivity index (χ4n) is 7.04. The number of furan rings is 1. The molecular weight excluding hydrogens is 625 g/mol. The van der Waals surface area contributed by atoms with Crippen molar-refractivity contribution in [1.29, 1.82) is 0 Å². The first-order valence-electron chi connectivity index (χ1n) is 17.0. The summed E-state index contributed by atoms with van der Waals surface area (Å²) in [5.41, 5.74) is 9.28. The number of aromatic nitrogens is 4. The lowest BCUT2D eigenvalue weighted by Crippen LogP contribution is -2.00. The molecule has 0 aliphatic carbocycles. The minimum Gasteiger partial charge on any atom is -0.454 e. The SMILES string of the molecule is c1ccc(-c2nc(-c3ccccc3)nc(-c3ccc(-c4nc5cccc(-c6ccc7ccccc7c6)c5c5c4oc4ccccc45)cc3)n2)cc1. The van der Waals surface area contributed by atoms with Gasteiger partial charge in [-0.2, -0.15) is 0 Å². The summed E-state index contributed by atoms with van der Waals surface area (Å²) < 4.78 is 6.66. The van der Waals surface area contributed by atoms with E-state index in [0.29, 0.717) is 17.5 Å². The van der Waals surface area contributed by atoms with Crippen LogP contribution in [0.5, 0.6) is 0 Å². The summed E-state index contributed by atoms with van der Waals surface area (Å²) in [7, 11) is 0. The minimum atomic E-state index is 0.606. The van der Waals surface area contributed by atoms with Crippen LogP contribution in [0.1, 0.15) is 0 Å². The summed E-state index contributed by atoms with van der Waals surface area (Å²) in [5.74, 6) is 1.87. The van der Waals surface area contributed by atoms with Crippen molar-refractivity contribution in [2.75, 3.05) is 0 Å². The van der Waals surface area contributed by atoms with Gasteiger partial charge in [-0.25, -0.2) is 19.9 Å². The normalized spacial score (nSPS) is 11.5. The quantitative estimate of drug-likeness (QED) is 0.185. The van der Waals surface area contributed by atoms with Crippen molar-refractivity contribution in [1.82, 2.24) is 19.9 Å². The van der Waals surface area contributed by atoms with Crippen molar-refractivity contribution in [3.05, 3.63) is 170 Å². The van der Waals surface area contributed by atoms with E-state index >= 15 is 0 Å². The number of benzene rings is 7. The minimum absolute atomic E-state index is 0.606. The summed E-state index contributed by atoms with van der Waals surface area (Å²) in [6.07, 6.45) is 0. The average molecular weight is 653 g/mol. The Bertz CT molecular complexity index is 2840. The smallest absolute Gasteiger partial charge is 0.164 e. The van der Waals surface area contributed by atoms with Crippen molar-refractivity contribution in [2.45, 2.75) is 0 Å². The number of rotatable bonds is 5. The van der Waals surface area contributed by atoms with E-state index < -0.39 is 0 Å². The zero-order valence-corrected chi connectivity index (χ0v) is 27.4. The molecule has 0 radical (unpaired) electrons. The zero-order chi connectivity index (χ0) is 33.7. The van der Waals surface area contributed by atoms with Gasteiger partial charge in [-0.05, 0) is 40.1 Å². The van der Waals surface area contributed by atoms with Crippen LogP contribution >= 0.6 is 0 Å². The summed E-state index contributed by atoms with van der Waals surface area (Å²) >= 11 is 0. The number of fused-ring (bicyclic) bond motifs is 6. The average Bonchev–Trinajstić information content (AvgIpc) is 3.60. The molecule has 0 saturated carbocycles. The van der Waals surface area contributed by atoms with Crippen molar-refractivity contribution in [3.8, 4) is 56.5 Å². The Hall–Kier alpha value is -6.98. The fraction of sp³-hybridized carbons (Fsp3) is 0. The van der Waals surface area contributed by atoms with Crippen LogP contribution in [0.25, 0.3) is 100 Å². The third-order valence-electron chi connectivity index (χ3n) is 9.51. The maximum absolute atomic E-state index is 6.66. The van der Waals surface area contributed by atoms with Crippen molar-refractivity contribution >= 4 is 43.6 Å². The lowest BCUT2D eigenvalue weighted by Gasteiger charge is -2.12. The van der Waals surface area contributed by atoms with E-state index in [4.69, 9.17) is 24.4 Å². The van der Waals surface area contributed by atoms with Gasteiger partial charge < -0.3 is 4.42 Å². The molecule has 10 rings (SSSR count). The van der Waals surface area contributed by atoms with E-state index in [2.05, 4.69) is 97.1 Å². The molecule has 3 aromatic heterocycles. The molecule has 0 N–H and O–H groups in total. The molecule has 0 spiro atoms. The molecular formula is C46H28N4O. The second kappa shape index (κ2) is 11.9. The standard InChI is InChI=1S/C46H28N4O/c1-3-13-31(14-4-1)44-48-45(32-15-5-2-6-16-32)50-46(49-44)33-25-23-30(24-26-33)42-43-41(37-18-9-10-21-39(37)51-43)40-36(19-11-20-38(40)47-42)35-27-22-29-12-7-8-17-34(29)28-35/h1-28H. The first kappa shape index (κ1) is 29.0. The second-order valence-electron chi connectivity index (χ2n) is 12.6. The van der Waals surface area contributed by atoms with E-state index in [1.807, 2.05) is 72.8 Å². The number of hydrogen-bond acceptors (Lipinski definition) is 5. The lowest BCUT2D eigenvalue weighted by molar-refractivity contribution is 0.669. The maximum atomic E-state index is 6.66. The van der Waals surface area contributed by atoms with Crippen LogP contribution in [0.4, 0.5) is 0 Å². The molecule has 5 heteroatoms. The Morgan fingerprint density at radius 2 is 0.941 bits per heavy atom. The predicted molar refractivity (Wildman–Crippen MR) is 207 cm³/mol. The topological polar surface area (TPSA) is 64.7 Å². The van der Waals surface area contributed by atoms with E-state index in [0.717, 1.165) is 71.9 Å². The predicted octanol–water partition coefficient (Wildman–Crippen LogP) is 11.8. The van der Waals surface area contributed by atoms with Gasteiger partial charge >= 0.3 is 0 Å². The molecule has 0 atom stereocenters. The molecule has 51 heavy (non-hydrogen) atoms. The molecule has 0 bridgehead atoms. The molecule has 0 aliphatic heterocycles. The maximum Gasteiger partial charge on any atom is 0.164 e. The highest BCUT2D eigenvalue weighted by molar-refractivity contribution is 6.24. The van der Waals surface area contributed by atoms with Crippen molar-refractivity contribution in [3.63, 3.8) is 0 Å². The van der Waals surface area contributed by atoms with Crippen molar-refractivity contribution in [2.24, 2.45) is 0 Å². The van der Waals surface area contributed by atoms with Crippen LogP contribution in [0, 0.1) is 0 Å². The Labute approximate surface area is 293 Å². The number of para-hydroxylation sites is 1. The van der Waals surface area contributed by atoms with Gasteiger partial charge in [0.1, 0.15) is 11.3 Å². The van der Waals surface area contributed by atoms with Gasteiger partial charge in [0.15, 0.2) is 23.1 Å².